The number of nitrogens with zero attached hydrogens (tertiary/aromatic N) is 2. The van der Waals surface area contributed by atoms with Crippen molar-refractivity contribution in [2.24, 2.45) is 0 Å². The zero-order valence-corrected chi connectivity index (χ0v) is 9.80. The van der Waals surface area contributed by atoms with Crippen molar-refractivity contribution in [1.29, 1.82) is 5.26 Å². The van der Waals surface area contributed by atoms with E-state index in [9.17, 15) is 9.18 Å². The van der Waals surface area contributed by atoms with Gasteiger partial charge in [-0.25, -0.2) is 9.18 Å². The molecule has 0 bridgehead atoms. The van der Waals surface area contributed by atoms with Gasteiger partial charge < -0.3 is 4.74 Å². The molecule has 0 spiro atoms. The lowest BCUT2D eigenvalue weighted by atomic mass is 10.2. The van der Waals surface area contributed by atoms with Gasteiger partial charge in [0.1, 0.15) is 11.7 Å². The highest BCUT2D eigenvalue weighted by Gasteiger charge is 2.36. The molecule has 0 aromatic heterocycles. The van der Waals surface area contributed by atoms with Crippen LogP contribution in [0.15, 0.2) is 0 Å². The average Bonchev–Trinajstić information content (AvgIpc) is 2.01. The van der Waals surface area contributed by atoms with Crippen LogP contribution < -0.4 is 0 Å². The fraction of sp³-hybridized carbons (Fsp3) is 0.800. The van der Waals surface area contributed by atoms with Crippen LogP contribution in [0.4, 0.5) is 9.18 Å². The molecule has 1 atom stereocenters. The van der Waals surface area contributed by atoms with Crippen molar-refractivity contribution in [2.75, 3.05) is 6.54 Å². The number of alkyl halides is 1. The van der Waals surface area contributed by atoms with E-state index in [-0.39, 0.29) is 6.54 Å². The second-order valence-corrected chi connectivity index (χ2v) is 4.29. The van der Waals surface area contributed by atoms with Gasteiger partial charge >= 0.3 is 6.09 Å². The van der Waals surface area contributed by atoms with Crippen LogP contribution in [-0.2, 0) is 4.74 Å². The number of carbonyl (C=O) groups excluding carboxylic acids is 1. The van der Waals surface area contributed by atoms with Crippen LogP contribution >= 0.6 is 0 Å². The van der Waals surface area contributed by atoms with Crippen molar-refractivity contribution in [1.82, 2.24) is 4.90 Å². The summed E-state index contributed by atoms with van der Waals surface area (Å²) in [5.41, 5.74) is -0.698. The molecule has 15 heavy (non-hydrogen) atoms. The first-order valence-electron chi connectivity index (χ1n) is 4.75. The third-order valence-corrected chi connectivity index (χ3v) is 1.64. The Bertz CT molecular complexity index is 276. The van der Waals surface area contributed by atoms with E-state index in [0.717, 1.165) is 11.8 Å². The van der Waals surface area contributed by atoms with Gasteiger partial charge in [-0.15, -0.1) is 0 Å². The molecule has 0 aliphatic rings. The van der Waals surface area contributed by atoms with Crippen LogP contribution in [0.3, 0.4) is 0 Å². The first-order chi connectivity index (χ1) is 6.64. The van der Waals surface area contributed by atoms with E-state index < -0.39 is 17.5 Å². The summed E-state index contributed by atoms with van der Waals surface area (Å²) in [4.78, 5) is 12.3. The number of carbonyl (C=O) groups is 1. The second kappa shape index (κ2) is 4.47. The Balaban J connectivity index is 4.73. The van der Waals surface area contributed by atoms with Gasteiger partial charge in [0.2, 0.25) is 0 Å². The molecule has 0 heterocycles. The van der Waals surface area contributed by atoms with Gasteiger partial charge in [-0.3, -0.25) is 4.90 Å². The molecule has 0 N–H and O–H groups in total. The van der Waals surface area contributed by atoms with Gasteiger partial charge in [-0.05, 0) is 27.7 Å². The van der Waals surface area contributed by atoms with Crippen molar-refractivity contribution in [3.05, 3.63) is 0 Å². The van der Waals surface area contributed by atoms with Gasteiger partial charge in [0.15, 0.2) is 0 Å². The van der Waals surface area contributed by atoms with Crippen LogP contribution in [-0.4, -0.2) is 28.9 Å². The summed E-state index contributed by atoms with van der Waals surface area (Å²) < 4.78 is 18.5. The summed E-state index contributed by atoms with van der Waals surface area (Å²) in [5.74, 6) is -2.34. The molecule has 0 fully saturated rings. The van der Waals surface area contributed by atoms with E-state index in [1.54, 1.807) is 27.7 Å². The number of halogens is 1. The van der Waals surface area contributed by atoms with E-state index in [2.05, 4.69) is 0 Å². The van der Waals surface area contributed by atoms with Crippen LogP contribution in [0.2, 0.25) is 0 Å². The molecule has 0 saturated heterocycles. The molecule has 86 valence electrons. The molecule has 0 rings (SSSR count). The maximum absolute atomic E-state index is 13.6. The predicted molar refractivity (Wildman–Crippen MR) is 53.7 cm³/mol. The van der Waals surface area contributed by atoms with E-state index in [4.69, 9.17) is 10.00 Å². The van der Waals surface area contributed by atoms with Gasteiger partial charge in [-0.2, -0.15) is 5.26 Å². The normalized spacial score (nSPS) is 15.0. The first kappa shape index (κ1) is 13.7. The molecular weight excluding hydrogens is 199 g/mol. The summed E-state index contributed by atoms with van der Waals surface area (Å²) in [7, 11) is 0. The monoisotopic (exact) mass is 216 g/mol. The van der Waals surface area contributed by atoms with E-state index in [1.165, 1.54) is 6.07 Å². The number of rotatable bonds is 2. The lowest BCUT2D eigenvalue weighted by molar-refractivity contribution is -0.0179. The fourth-order valence-electron chi connectivity index (χ4n) is 0.975. The molecule has 5 heteroatoms. The number of hydrogen-bond donors (Lipinski definition) is 0. The van der Waals surface area contributed by atoms with E-state index in [1.807, 2.05) is 0 Å². The van der Waals surface area contributed by atoms with Crippen LogP contribution in [0, 0.1) is 11.3 Å². The molecule has 0 aromatic carbocycles. The minimum atomic E-state index is -2.34. The summed E-state index contributed by atoms with van der Waals surface area (Å²) in [6, 6.07) is 1.42. The minimum absolute atomic E-state index is 0.0788. The first-order valence-corrected chi connectivity index (χ1v) is 4.75. The van der Waals surface area contributed by atoms with Crippen molar-refractivity contribution < 1.29 is 13.9 Å². The largest absolute Gasteiger partial charge is 0.444 e. The van der Waals surface area contributed by atoms with Crippen molar-refractivity contribution >= 4 is 6.09 Å². The lowest BCUT2D eigenvalue weighted by Crippen LogP contribution is -2.47. The highest BCUT2D eigenvalue weighted by molar-refractivity contribution is 5.69. The Hall–Kier alpha value is -1.31. The second-order valence-electron chi connectivity index (χ2n) is 4.29. The zero-order valence-electron chi connectivity index (χ0n) is 9.80. The van der Waals surface area contributed by atoms with E-state index >= 15 is 0 Å². The SMILES string of the molecule is CCN(C(=O)OC(C)(C)C)C(C)(F)C#N. The van der Waals surface area contributed by atoms with E-state index in [0.29, 0.717) is 0 Å². The predicted octanol–water partition coefficient (Wildman–Crippen LogP) is 2.45. The number of nitriles is 1. The third kappa shape index (κ3) is 4.15. The zero-order chi connectivity index (χ0) is 12.3. The molecule has 1 unspecified atom stereocenters. The quantitative estimate of drug-likeness (QED) is 0.666. The highest BCUT2D eigenvalue weighted by Crippen LogP contribution is 2.19. The summed E-state index contributed by atoms with van der Waals surface area (Å²) >= 11 is 0. The van der Waals surface area contributed by atoms with Crippen molar-refractivity contribution in [2.45, 2.75) is 46.0 Å². The summed E-state index contributed by atoms with van der Waals surface area (Å²) in [6.45, 7) is 7.73. The van der Waals surface area contributed by atoms with Crippen molar-refractivity contribution in [3.8, 4) is 6.07 Å². The summed E-state index contributed by atoms with van der Waals surface area (Å²) in [5, 5.41) is 8.57. The van der Waals surface area contributed by atoms with Gasteiger partial charge in [0, 0.05) is 13.5 Å². The number of amides is 1. The molecular formula is C10H17FN2O2. The highest BCUT2D eigenvalue weighted by atomic mass is 19.1. The summed E-state index contributed by atoms with van der Waals surface area (Å²) in [6.07, 6.45) is -0.823. The van der Waals surface area contributed by atoms with Crippen LogP contribution in [0.1, 0.15) is 34.6 Å². The Labute approximate surface area is 89.6 Å². The Morgan fingerprint density at radius 2 is 1.93 bits per heavy atom. The van der Waals surface area contributed by atoms with Gasteiger partial charge in [0.05, 0.1) is 0 Å². The minimum Gasteiger partial charge on any atom is -0.444 e. The molecule has 0 radical (unpaired) electrons. The molecule has 0 aliphatic carbocycles. The standard InChI is InChI=1S/C10H17FN2O2/c1-6-13(10(5,11)7-12)8(14)15-9(2,3)4/h6H2,1-5H3. The van der Waals surface area contributed by atoms with Crippen LogP contribution in [0.5, 0.6) is 0 Å². The molecule has 1 amide bonds. The Morgan fingerprint density at radius 1 is 1.47 bits per heavy atom. The number of ether oxygens (including phenoxy) is 1. The molecule has 4 nitrogen and oxygen atoms in total. The van der Waals surface area contributed by atoms with Crippen molar-refractivity contribution in [3.63, 3.8) is 0 Å². The molecule has 0 saturated carbocycles. The Kier molecular flexibility index (Phi) is 4.08. The van der Waals surface area contributed by atoms with Gasteiger partial charge in [0.25, 0.3) is 5.79 Å². The number of hydrogen-bond acceptors (Lipinski definition) is 3. The lowest BCUT2D eigenvalue weighted by Gasteiger charge is -2.30. The molecule has 0 aromatic rings. The maximum Gasteiger partial charge on any atom is 0.413 e. The Morgan fingerprint density at radius 3 is 2.20 bits per heavy atom. The maximum atomic E-state index is 13.6. The average molecular weight is 216 g/mol. The van der Waals surface area contributed by atoms with Gasteiger partial charge in [-0.1, -0.05) is 0 Å². The fourth-order valence-corrected chi connectivity index (χ4v) is 0.975. The van der Waals surface area contributed by atoms with Crippen LogP contribution in [0.25, 0.3) is 0 Å². The third-order valence-electron chi connectivity index (χ3n) is 1.64. The molecule has 0 aliphatic heterocycles. The topological polar surface area (TPSA) is 53.3 Å². The smallest absolute Gasteiger partial charge is 0.413 e.